The van der Waals surface area contributed by atoms with E-state index in [9.17, 15) is 9.90 Å². The van der Waals surface area contributed by atoms with Gasteiger partial charge in [-0.25, -0.2) is 4.67 Å². The average molecular weight is 359 g/mol. The number of nitriles is 1. The third-order valence-corrected chi connectivity index (χ3v) is 6.08. The Morgan fingerprint density at radius 3 is 2.46 bits per heavy atom. The van der Waals surface area contributed by atoms with Crippen LogP contribution >= 0.6 is 8.53 Å². The van der Waals surface area contributed by atoms with Gasteiger partial charge in [0.2, 0.25) is 5.91 Å². The van der Waals surface area contributed by atoms with Crippen molar-refractivity contribution in [2.75, 3.05) is 19.8 Å². The van der Waals surface area contributed by atoms with E-state index >= 15 is 0 Å². The van der Waals surface area contributed by atoms with Gasteiger partial charge in [-0.15, -0.1) is 0 Å². The lowest BCUT2D eigenvalue weighted by Crippen LogP contribution is -2.36. The van der Waals surface area contributed by atoms with Gasteiger partial charge in [0, 0.05) is 25.6 Å². The minimum atomic E-state index is -1.33. The fraction of sp³-hybridized carbons (Fsp3) is 0.875. The van der Waals surface area contributed by atoms with Crippen LogP contribution in [0.5, 0.6) is 0 Å². The molecule has 1 saturated heterocycles. The van der Waals surface area contributed by atoms with Crippen molar-refractivity contribution in [3.05, 3.63) is 0 Å². The van der Waals surface area contributed by atoms with E-state index in [1.165, 1.54) is 6.92 Å². The first-order valence-electron chi connectivity index (χ1n) is 8.44. The van der Waals surface area contributed by atoms with Gasteiger partial charge in [0.1, 0.15) is 0 Å². The molecule has 0 aromatic carbocycles. The lowest BCUT2D eigenvalue weighted by atomic mass is 10.2. The van der Waals surface area contributed by atoms with Crippen LogP contribution in [-0.4, -0.2) is 64.6 Å². The van der Waals surface area contributed by atoms with Crippen molar-refractivity contribution in [1.29, 1.82) is 5.26 Å². The first-order chi connectivity index (χ1) is 11.3. The molecule has 0 aromatic rings. The molecule has 1 unspecified atom stereocenters. The monoisotopic (exact) mass is 359 g/mol. The van der Waals surface area contributed by atoms with E-state index in [0.29, 0.717) is 26.0 Å². The number of aliphatic hydroxyl groups excluding tert-OH is 1. The Kier molecular flexibility index (Phi) is 9.11. The lowest BCUT2D eigenvalue weighted by molar-refractivity contribution is -0.130. The number of hydrogen-bond donors (Lipinski definition) is 1. The predicted molar refractivity (Wildman–Crippen MR) is 93.0 cm³/mol. The Hall–Kier alpha value is -0.770. The normalized spacial score (nSPS) is 22.4. The number of nitrogens with zero attached hydrogens (tertiary/aromatic N) is 3. The smallest absolute Gasteiger partial charge is 0.259 e. The van der Waals surface area contributed by atoms with Crippen molar-refractivity contribution < 1.29 is 18.9 Å². The summed E-state index contributed by atoms with van der Waals surface area (Å²) in [5, 5.41) is 18.2. The summed E-state index contributed by atoms with van der Waals surface area (Å²) in [6.07, 6.45) is 0.746. The highest BCUT2D eigenvalue weighted by Gasteiger charge is 2.38. The highest BCUT2D eigenvalue weighted by molar-refractivity contribution is 7.44. The fourth-order valence-electron chi connectivity index (χ4n) is 2.93. The zero-order chi connectivity index (χ0) is 18.3. The largest absolute Gasteiger partial charge is 0.394 e. The molecule has 1 amide bonds. The molecule has 0 spiro atoms. The van der Waals surface area contributed by atoms with Crippen molar-refractivity contribution in [2.24, 2.45) is 0 Å². The van der Waals surface area contributed by atoms with Crippen LogP contribution in [0, 0.1) is 11.3 Å². The van der Waals surface area contributed by atoms with E-state index in [0.717, 1.165) is 0 Å². The first-order valence-corrected chi connectivity index (χ1v) is 9.57. The Labute approximate surface area is 146 Å². The van der Waals surface area contributed by atoms with E-state index in [2.05, 4.69) is 38.4 Å². The highest BCUT2D eigenvalue weighted by atomic mass is 31.2. The summed E-state index contributed by atoms with van der Waals surface area (Å²) in [6.45, 7) is 10.6. The van der Waals surface area contributed by atoms with Gasteiger partial charge >= 0.3 is 0 Å². The highest BCUT2D eigenvalue weighted by Crippen LogP contribution is 2.48. The van der Waals surface area contributed by atoms with Gasteiger partial charge in [-0.2, -0.15) is 5.26 Å². The van der Waals surface area contributed by atoms with Crippen molar-refractivity contribution in [2.45, 2.75) is 71.7 Å². The molecule has 1 rings (SSSR count). The molecule has 24 heavy (non-hydrogen) atoms. The molecule has 0 radical (unpaired) electrons. The summed E-state index contributed by atoms with van der Waals surface area (Å²) in [5.41, 5.74) is 0. The molecule has 0 bridgehead atoms. The van der Waals surface area contributed by atoms with Crippen LogP contribution in [0.2, 0.25) is 0 Å². The van der Waals surface area contributed by atoms with E-state index in [-0.39, 0.29) is 36.7 Å². The van der Waals surface area contributed by atoms with Gasteiger partial charge in [-0.1, -0.05) is 0 Å². The minimum Gasteiger partial charge on any atom is -0.394 e. The Morgan fingerprint density at radius 1 is 1.42 bits per heavy atom. The minimum absolute atomic E-state index is 0.0561. The molecule has 0 aliphatic carbocycles. The molecule has 8 heteroatoms. The third kappa shape index (κ3) is 5.94. The number of rotatable bonds is 9. The molecule has 0 aromatic heterocycles. The maximum atomic E-state index is 11.7. The summed E-state index contributed by atoms with van der Waals surface area (Å²) in [5.74, 6) is -0.0561. The zero-order valence-corrected chi connectivity index (χ0v) is 16.2. The summed E-state index contributed by atoms with van der Waals surface area (Å²) in [6, 6.07) is 2.35. The predicted octanol–water partition coefficient (Wildman–Crippen LogP) is 2.26. The van der Waals surface area contributed by atoms with Gasteiger partial charge in [0.05, 0.1) is 37.8 Å². The molecule has 0 saturated carbocycles. The molecular formula is C16H30N3O4P. The second kappa shape index (κ2) is 10.3. The van der Waals surface area contributed by atoms with Crippen LogP contribution in [0.15, 0.2) is 0 Å². The number of hydrogen-bond acceptors (Lipinski definition) is 6. The third-order valence-electron chi connectivity index (χ3n) is 3.89. The molecule has 1 N–H and O–H groups in total. The quantitative estimate of drug-likeness (QED) is 0.502. The van der Waals surface area contributed by atoms with Crippen molar-refractivity contribution in [3.8, 4) is 6.07 Å². The second-order valence-corrected chi connectivity index (χ2v) is 7.92. The number of likely N-dealkylation sites (tertiary alicyclic amines) is 1. The average Bonchev–Trinajstić information content (AvgIpc) is 2.89. The summed E-state index contributed by atoms with van der Waals surface area (Å²) in [7, 11) is -1.33. The SMILES string of the molecule is CC(=O)N1C[C@H](OP(OCCC#N)N(C(C)C)C(C)C)C[C@H]1CO. The topological polar surface area (TPSA) is 86.0 Å². The number of carbonyl (C=O) groups excluding carboxylic acids is 1. The number of amides is 1. The summed E-state index contributed by atoms with van der Waals surface area (Å²) < 4.78 is 14.2. The van der Waals surface area contributed by atoms with Gasteiger partial charge in [0.15, 0.2) is 0 Å². The maximum absolute atomic E-state index is 11.7. The van der Waals surface area contributed by atoms with Gasteiger partial charge in [-0.3, -0.25) is 4.79 Å². The molecule has 7 nitrogen and oxygen atoms in total. The molecule has 1 aliphatic heterocycles. The van der Waals surface area contributed by atoms with Crippen LogP contribution in [0.25, 0.3) is 0 Å². The second-order valence-electron chi connectivity index (χ2n) is 6.52. The van der Waals surface area contributed by atoms with E-state index in [1.54, 1.807) is 4.90 Å². The van der Waals surface area contributed by atoms with Crippen LogP contribution in [0.1, 0.15) is 47.5 Å². The van der Waals surface area contributed by atoms with Gasteiger partial charge < -0.3 is 19.1 Å². The molecular weight excluding hydrogens is 329 g/mol. The van der Waals surface area contributed by atoms with E-state index in [1.807, 2.05) is 0 Å². The molecule has 138 valence electrons. The maximum Gasteiger partial charge on any atom is 0.259 e. The van der Waals surface area contributed by atoms with E-state index in [4.69, 9.17) is 14.3 Å². The van der Waals surface area contributed by atoms with Crippen molar-refractivity contribution in [1.82, 2.24) is 9.57 Å². The summed E-state index contributed by atoms with van der Waals surface area (Å²) in [4.78, 5) is 13.4. The lowest BCUT2D eigenvalue weighted by Gasteiger charge is -2.36. The first kappa shape index (κ1) is 21.3. The van der Waals surface area contributed by atoms with Crippen LogP contribution in [0.4, 0.5) is 0 Å². The molecule has 1 fully saturated rings. The Morgan fingerprint density at radius 2 is 2.04 bits per heavy atom. The Balaban J connectivity index is 2.80. The van der Waals surface area contributed by atoms with Crippen molar-refractivity contribution in [3.63, 3.8) is 0 Å². The summed E-state index contributed by atoms with van der Waals surface area (Å²) >= 11 is 0. The van der Waals surface area contributed by atoms with Crippen LogP contribution < -0.4 is 0 Å². The zero-order valence-electron chi connectivity index (χ0n) is 15.3. The number of aliphatic hydroxyl groups is 1. The van der Waals surface area contributed by atoms with Crippen molar-refractivity contribution >= 4 is 14.4 Å². The number of carbonyl (C=O) groups is 1. The molecule has 1 aliphatic rings. The van der Waals surface area contributed by atoms with Gasteiger partial charge in [0.25, 0.3) is 8.53 Å². The Bertz CT molecular complexity index is 434. The van der Waals surface area contributed by atoms with Gasteiger partial charge in [-0.05, 0) is 34.1 Å². The van der Waals surface area contributed by atoms with E-state index < -0.39 is 8.53 Å². The fourth-order valence-corrected chi connectivity index (χ4v) is 4.64. The molecule has 3 atom stereocenters. The van der Waals surface area contributed by atoms with Crippen LogP contribution in [0.3, 0.4) is 0 Å². The van der Waals surface area contributed by atoms with Crippen LogP contribution in [-0.2, 0) is 13.8 Å². The molecule has 1 heterocycles. The standard InChI is InChI=1S/C16H30N3O4P/c1-12(2)19(13(3)4)24(22-8-6-7-17)23-16-9-15(11-20)18(10-16)14(5)21/h12-13,15-16,20H,6,8-11H2,1-5H3/t15-,16+,24?/m0/s1.